The zero-order valence-electron chi connectivity index (χ0n) is 13.9. The van der Waals surface area contributed by atoms with Crippen molar-refractivity contribution in [3.05, 3.63) is 30.1 Å². The van der Waals surface area contributed by atoms with E-state index < -0.39 is 6.10 Å². The minimum atomic E-state index is -0.429. The van der Waals surface area contributed by atoms with Gasteiger partial charge in [-0.1, -0.05) is 12.1 Å². The summed E-state index contributed by atoms with van der Waals surface area (Å²) in [5.41, 5.74) is 2.08. The van der Waals surface area contributed by atoms with Crippen LogP contribution >= 0.6 is 0 Å². The first-order chi connectivity index (χ1) is 11.6. The smallest absolute Gasteiger partial charge is 0.217 e. The lowest BCUT2D eigenvalue weighted by Gasteiger charge is -2.35. The van der Waals surface area contributed by atoms with Gasteiger partial charge in [0.25, 0.3) is 0 Å². The molecule has 3 N–H and O–H groups in total. The largest absolute Gasteiger partial charge is 0.391 e. The van der Waals surface area contributed by atoms with Crippen molar-refractivity contribution in [2.24, 2.45) is 11.8 Å². The second-order valence-electron chi connectivity index (χ2n) is 7.26. The van der Waals surface area contributed by atoms with E-state index in [-0.39, 0.29) is 11.9 Å². The van der Waals surface area contributed by atoms with Gasteiger partial charge in [-0.05, 0) is 36.8 Å². The maximum absolute atomic E-state index is 11.3. The highest BCUT2D eigenvalue weighted by Gasteiger charge is 2.41. The average molecular weight is 328 g/mol. The standard InChI is InChI=1S/C18H24N4O2/c1-11(23)19-16-6-12-8-22(9-13(12)7-17(16)24)10-18-20-14-4-2-3-5-15(14)21-18/h2-5,12-13,16-17,24H,6-10H2,1H3,(H,19,23)(H,20,21)/t12-,13+,16-,17-/m1/s1. The first kappa shape index (κ1) is 15.6. The number of benzene rings is 1. The summed E-state index contributed by atoms with van der Waals surface area (Å²) in [6.45, 7) is 4.32. The molecule has 2 aliphatic rings. The number of hydrogen-bond acceptors (Lipinski definition) is 4. The zero-order chi connectivity index (χ0) is 16.7. The summed E-state index contributed by atoms with van der Waals surface area (Å²) in [6.07, 6.45) is 1.20. The van der Waals surface area contributed by atoms with Crippen LogP contribution < -0.4 is 5.32 Å². The Hall–Kier alpha value is -1.92. The summed E-state index contributed by atoms with van der Waals surface area (Å²) in [5.74, 6) is 1.98. The van der Waals surface area contributed by atoms with E-state index in [0.29, 0.717) is 11.8 Å². The number of carbonyl (C=O) groups is 1. The Bertz CT molecular complexity index is 710. The lowest BCUT2D eigenvalue weighted by molar-refractivity contribution is -0.121. The fraction of sp³-hybridized carbons (Fsp3) is 0.556. The second kappa shape index (κ2) is 6.18. The number of aliphatic hydroxyl groups is 1. The van der Waals surface area contributed by atoms with Gasteiger partial charge in [-0.15, -0.1) is 0 Å². The molecule has 1 saturated heterocycles. The molecule has 0 unspecified atom stereocenters. The van der Waals surface area contributed by atoms with Crippen LogP contribution in [0.15, 0.2) is 24.3 Å². The third-order valence-electron chi connectivity index (χ3n) is 5.42. The Morgan fingerprint density at radius 2 is 2.08 bits per heavy atom. The highest BCUT2D eigenvalue weighted by Crippen LogP contribution is 2.37. The molecule has 1 aliphatic heterocycles. The van der Waals surface area contributed by atoms with Gasteiger partial charge in [0.1, 0.15) is 5.82 Å². The Labute approximate surface area is 141 Å². The number of para-hydroxylation sites is 2. The van der Waals surface area contributed by atoms with Crippen LogP contribution in [0.1, 0.15) is 25.6 Å². The van der Waals surface area contributed by atoms with E-state index in [0.717, 1.165) is 49.3 Å². The highest BCUT2D eigenvalue weighted by molar-refractivity contribution is 5.74. The normalized spacial score (nSPS) is 30.4. The number of fused-ring (bicyclic) bond motifs is 2. The van der Waals surface area contributed by atoms with Crippen LogP contribution in [0.25, 0.3) is 11.0 Å². The van der Waals surface area contributed by atoms with E-state index in [4.69, 9.17) is 0 Å². The van der Waals surface area contributed by atoms with Crippen LogP contribution in [-0.4, -0.2) is 51.1 Å². The maximum atomic E-state index is 11.3. The molecular formula is C18H24N4O2. The molecule has 2 fully saturated rings. The van der Waals surface area contributed by atoms with Crippen LogP contribution in [0.5, 0.6) is 0 Å². The number of aromatic amines is 1. The molecule has 1 aliphatic carbocycles. The van der Waals surface area contributed by atoms with Crippen LogP contribution in [0.3, 0.4) is 0 Å². The number of likely N-dealkylation sites (tertiary alicyclic amines) is 1. The lowest BCUT2D eigenvalue weighted by Crippen LogP contribution is -2.48. The van der Waals surface area contributed by atoms with Crippen LogP contribution in [0, 0.1) is 11.8 Å². The van der Waals surface area contributed by atoms with E-state index >= 15 is 0 Å². The Balaban J connectivity index is 1.41. The van der Waals surface area contributed by atoms with Crippen molar-refractivity contribution in [1.82, 2.24) is 20.2 Å². The Kier molecular flexibility index (Phi) is 4.02. The van der Waals surface area contributed by atoms with E-state index in [9.17, 15) is 9.90 Å². The zero-order valence-corrected chi connectivity index (χ0v) is 13.9. The number of H-pyrrole nitrogens is 1. The minimum Gasteiger partial charge on any atom is -0.391 e. The summed E-state index contributed by atoms with van der Waals surface area (Å²) in [7, 11) is 0. The van der Waals surface area contributed by atoms with Crippen LogP contribution in [0.4, 0.5) is 0 Å². The summed E-state index contributed by atoms with van der Waals surface area (Å²) in [5, 5.41) is 13.2. The molecule has 1 aromatic carbocycles. The predicted molar refractivity (Wildman–Crippen MR) is 91.2 cm³/mol. The fourth-order valence-corrected chi connectivity index (χ4v) is 4.37. The molecule has 24 heavy (non-hydrogen) atoms. The number of nitrogens with one attached hydrogen (secondary N) is 2. The molecule has 4 rings (SSSR count). The monoisotopic (exact) mass is 328 g/mol. The molecule has 1 amide bonds. The van der Waals surface area contributed by atoms with Crippen molar-refractivity contribution in [2.75, 3.05) is 13.1 Å². The van der Waals surface area contributed by atoms with Gasteiger partial charge in [0.2, 0.25) is 5.91 Å². The molecule has 0 radical (unpaired) electrons. The molecule has 1 aromatic heterocycles. The lowest BCUT2D eigenvalue weighted by atomic mass is 9.77. The van der Waals surface area contributed by atoms with E-state index in [1.165, 1.54) is 6.92 Å². The van der Waals surface area contributed by atoms with Gasteiger partial charge in [0, 0.05) is 20.0 Å². The molecule has 0 bridgehead atoms. The molecule has 6 nitrogen and oxygen atoms in total. The van der Waals surface area contributed by atoms with Crippen molar-refractivity contribution in [3.63, 3.8) is 0 Å². The minimum absolute atomic E-state index is 0.0605. The summed E-state index contributed by atoms with van der Waals surface area (Å²) in [4.78, 5) is 21.8. The molecule has 2 aromatic rings. The predicted octanol–water partition coefficient (Wildman–Crippen LogP) is 1.27. The number of amides is 1. The molecule has 4 atom stereocenters. The van der Waals surface area contributed by atoms with Gasteiger partial charge in [0.15, 0.2) is 0 Å². The summed E-state index contributed by atoms with van der Waals surface area (Å²) < 4.78 is 0. The summed E-state index contributed by atoms with van der Waals surface area (Å²) in [6, 6.07) is 7.98. The third kappa shape index (κ3) is 3.03. The van der Waals surface area contributed by atoms with Crippen LogP contribution in [-0.2, 0) is 11.3 Å². The highest BCUT2D eigenvalue weighted by atomic mass is 16.3. The van der Waals surface area contributed by atoms with Crippen molar-refractivity contribution < 1.29 is 9.90 Å². The molecule has 128 valence electrons. The molecule has 0 spiro atoms. The first-order valence-corrected chi connectivity index (χ1v) is 8.69. The Morgan fingerprint density at radius 1 is 1.33 bits per heavy atom. The van der Waals surface area contributed by atoms with Crippen molar-refractivity contribution in [1.29, 1.82) is 0 Å². The van der Waals surface area contributed by atoms with Gasteiger partial charge in [-0.2, -0.15) is 0 Å². The number of imidazole rings is 1. The van der Waals surface area contributed by atoms with Crippen LogP contribution in [0.2, 0.25) is 0 Å². The summed E-state index contributed by atoms with van der Waals surface area (Å²) >= 11 is 0. The van der Waals surface area contributed by atoms with Crippen molar-refractivity contribution >= 4 is 16.9 Å². The van der Waals surface area contributed by atoms with Gasteiger partial charge in [0.05, 0.1) is 29.7 Å². The Morgan fingerprint density at radius 3 is 2.83 bits per heavy atom. The topological polar surface area (TPSA) is 81.2 Å². The number of carbonyl (C=O) groups excluding carboxylic acids is 1. The SMILES string of the molecule is CC(=O)N[C@@H]1C[C@@H]2CN(Cc3nc4ccccc4[nH]3)C[C@@H]2C[C@H]1O. The maximum Gasteiger partial charge on any atom is 0.217 e. The molecular weight excluding hydrogens is 304 g/mol. The van der Waals surface area contributed by atoms with Crippen molar-refractivity contribution in [3.8, 4) is 0 Å². The molecule has 2 heterocycles. The fourth-order valence-electron chi connectivity index (χ4n) is 4.37. The molecule has 1 saturated carbocycles. The average Bonchev–Trinajstić information content (AvgIpc) is 3.09. The number of aliphatic hydroxyl groups excluding tert-OH is 1. The second-order valence-corrected chi connectivity index (χ2v) is 7.26. The quantitative estimate of drug-likeness (QED) is 0.792. The van der Waals surface area contributed by atoms with Gasteiger partial charge < -0.3 is 15.4 Å². The van der Waals surface area contributed by atoms with E-state index in [1.54, 1.807) is 0 Å². The molecule has 6 heteroatoms. The van der Waals surface area contributed by atoms with E-state index in [1.807, 2.05) is 24.3 Å². The van der Waals surface area contributed by atoms with Gasteiger partial charge >= 0.3 is 0 Å². The van der Waals surface area contributed by atoms with E-state index in [2.05, 4.69) is 20.2 Å². The van der Waals surface area contributed by atoms with Gasteiger partial charge in [-0.25, -0.2) is 4.98 Å². The number of aromatic nitrogens is 2. The number of nitrogens with zero attached hydrogens (tertiary/aromatic N) is 2. The number of rotatable bonds is 3. The first-order valence-electron chi connectivity index (χ1n) is 8.69. The third-order valence-corrected chi connectivity index (χ3v) is 5.42. The number of hydrogen-bond donors (Lipinski definition) is 3. The van der Waals surface area contributed by atoms with Crippen molar-refractivity contribution in [2.45, 2.75) is 38.5 Å². The van der Waals surface area contributed by atoms with Gasteiger partial charge in [-0.3, -0.25) is 9.69 Å².